The van der Waals surface area contributed by atoms with E-state index in [-0.39, 0.29) is 12.5 Å². The Labute approximate surface area is 161 Å². The van der Waals surface area contributed by atoms with Gasteiger partial charge in [0, 0.05) is 12.3 Å². The Morgan fingerprint density at radius 3 is 2.50 bits per heavy atom. The molecule has 0 radical (unpaired) electrons. The second-order valence-electron chi connectivity index (χ2n) is 5.74. The number of aliphatic imine (C=N–C) groups is 1. The highest BCUT2D eigenvalue weighted by molar-refractivity contribution is 6.00. The van der Waals surface area contributed by atoms with Gasteiger partial charge in [-0.3, -0.25) is 9.89 Å². The second-order valence-corrected chi connectivity index (χ2v) is 5.74. The van der Waals surface area contributed by atoms with Crippen molar-refractivity contribution in [1.29, 1.82) is 0 Å². The third-order valence-electron chi connectivity index (χ3n) is 3.92. The fourth-order valence-electron chi connectivity index (χ4n) is 2.63. The molecule has 1 aromatic heterocycles. The number of aromatic nitrogens is 2. The molecule has 1 heterocycles. The first-order chi connectivity index (χ1) is 13.6. The quantitative estimate of drug-likeness (QED) is 0.353. The second kappa shape index (κ2) is 8.76. The lowest BCUT2D eigenvalue weighted by Gasteiger charge is -2.13. The van der Waals surface area contributed by atoms with Crippen LogP contribution in [0.3, 0.4) is 0 Å². The monoisotopic (exact) mass is 383 g/mol. The highest BCUT2D eigenvalue weighted by Crippen LogP contribution is 2.29. The van der Waals surface area contributed by atoms with Crippen molar-refractivity contribution in [2.24, 2.45) is 4.99 Å². The number of fused-ring (bicyclic) bond motifs is 1. The molecule has 0 aliphatic carbocycles. The Kier molecular flexibility index (Phi) is 5.95. The molecule has 0 bridgehead atoms. The number of anilines is 1. The molecule has 9 nitrogen and oxygen atoms in total. The van der Waals surface area contributed by atoms with Crippen molar-refractivity contribution >= 4 is 28.6 Å². The lowest BCUT2D eigenvalue weighted by Crippen LogP contribution is -2.32. The highest BCUT2D eigenvalue weighted by atomic mass is 16.7. The summed E-state index contributed by atoms with van der Waals surface area (Å²) in [4.78, 5) is 20.6. The number of carbonyl (C=O) groups is 1. The van der Waals surface area contributed by atoms with Crippen LogP contribution in [0.25, 0.3) is 10.9 Å². The maximum atomic E-state index is 11.2. The summed E-state index contributed by atoms with van der Waals surface area (Å²) in [6.45, 7) is 1.50. The summed E-state index contributed by atoms with van der Waals surface area (Å²) in [5.74, 6) is 1.53. The summed E-state index contributed by atoms with van der Waals surface area (Å²) < 4.78 is 10.8. The van der Waals surface area contributed by atoms with Crippen molar-refractivity contribution in [3.8, 4) is 11.5 Å². The number of guanidine groups is 1. The van der Waals surface area contributed by atoms with Crippen LogP contribution in [-0.2, 0) is 16.2 Å². The van der Waals surface area contributed by atoms with E-state index in [0.29, 0.717) is 17.3 Å². The van der Waals surface area contributed by atoms with Crippen LogP contribution in [0.5, 0.6) is 11.5 Å². The zero-order valence-electron chi connectivity index (χ0n) is 15.8. The van der Waals surface area contributed by atoms with Crippen LogP contribution >= 0.6 is 0 Å². The van der Waals surface area contributed by atoms with Gasteiger partial charge in [0.2, 0.25) is 5.96 Å². The van der Waals surface area contributed by atoms with E-state index in [2.05, 4.69) is 26.0 Å². The number of nitrogens with one attached hydrogen (secondary N) is 3. The van der Waals surface area contributed by atoms with Crippen LogP contribution < -0.4 is 20.3 Å². The average molecular weight is 383 g/mol. The Balaban J connectivity index is 1.89. The number of aromatic amines is 1. The maximum Gasteiger partial charge on any atom is 0.329 e. The van der Waals surface area contributed by atoms with E-state index < -0.39 is 5.97 Å². The van der Waals surface area contributed by atoms with Crippen LogP contribution in [0.4, 0.5) is 5.82 Å². The Morgan fingerprint density at radius 2 is 1.82 bits per heavy atom. The predicted molar refractivity (Wildman–Crippen MR) is 105 cm³/mol. The summed E-state index contributed by atoms with van der Waals surface area (Å²) in [6, 6.07) is 13.1. The van der Waals surface area contributed by atoms with E-state index in [4.69, 9.17) is 14.3 Å². The minimum absolute atomic E-state index is 0.209. The number of nitrogens with zero attached hydrogens (tertiary/aromatic N) is 2. The summed E-state index contributed by atoms with van der Waals surface area (Å²) in [5.41, 5.74) is 4.14. The summed E-state index contributed by atoms with van der Waals surface area (Å²) in [7, 11) is 3.16. The number of hydroxylamine groups is 1. The number of methoxy groups -OCH3 is 2. The molecule has 3 rings (SSSR count). The first kappa shape index (κ1) is 19.0. The van der Waals surface area contributed by atoms with Crippen LogP contribution in [0, 0.1) is 0 Å². The van der Waals surface area contributed by atoms with Crippen LogP contribution in [-0.4, -0.2) is 36.3 Å². The van der Waals surface area contributed by atoms with Crippen LogP contribution in [0.15, 0.2) is 47.5 Å². The molecule has 9 heteroatoms. The molecular formula is C19H21N5O4. The van der Waals surface area contributed by atoms with E-state index in [1.807, 2.05) is 42.5 Å². The molecule has 0 amide bonds. The van der Waals surface area contributed by atoms with Gasteiger partial charge in [0.15, 0.2) is 5.82 Å². The SMILES string of the molecule is COc1cccc(OC)c1CN=C(NOC(C)=O)Nc1n[nH]c2ccccc12. The van der Waals surface area contributed by atoms with Gasteiger partial charge in [0.25, 0.3) is 0 Å². The first-order valence-electron chi connectivity index (χ1n) is 8.50. The van der Waals surface area contributed by atoms with Gasteiger partial charge in [-0.1, -0.05) is 18.2 Å². The van der Waals surface area contributed by atoms with Crippen molar-refractivity contribution in [1.82, 2.24) is 15.7 Å². The molecule has 3 aromatic rings. The Morgan fingerprint density at radius 1 is 1.11 bits per heavy atom. The number of rotatable bonds is 5. The molecular weight excluding hydrogens is 362 g/mol. The molecule has 28 heavy (non-hydrogen) atoms. The summed E-state index contributed by atoms with van der Waals surface area (Å²) in [5, 5.41) is 11.1. The lowest BCUT2D eigenvalue weighted by molar-refractivity contribution is -0.145. The molecule has 0 aliphatic heterocycles. The molecule has 0 aliphatic rings. The van der Waals surface area contributed by atoms with Crippen molar-refractivity contribution in [2.75, 3.05) is 19.5 Å². The van der Waals surface area contributed by atoms with E-state index >= 15 is 0 Å². The van der Waals surface area contributed by atoms with Gasteiger partial charge in [0.05, 0.1) is 31.8 Å². The van der Waals surface area contributed by atoms with Gasteiger partial charge in [0.1, 0.15) is 11.5 Å². The van der Waals surface area contributed by atoms with Crippen molar-refractivity contribution in [2.45, 2.75) is 13.5 Å². The van der Waals surface area contributed by atoms with E-state index in [1.54, 1.807) is 14.2 Å². The predicted octanol–water partition coefficient (Wildman–Crippen LogP) is 2.62. The van der Waals surface area contributed by atoms with Gasteiger partial charge < -0.3 is 19.6 Å². The van der Waals surface area contributed by atoms with Gasteiger partial charge in [-0.05, 0) is 24.3 Å². The lowest BCUT2D eigenvalue weighted by atomic mass is 10.2. The Bertz CT molecular complexity index is 977. The van der Waals surface area contributed by atoms with Gasteiger partial charge in [-0.2, -0.15) is 10.6 Å². The summed E-state index contributed by atoms with van der Waals surface area (Å²) in [6.07, 6.45) is 0. The van der Waals surface area contributed by atoms with E-state index in [1.165, 1.54) is 6.92 Å². The van der Waals surface area contributed by atoms with Crippen molar-refractivity contribution < 1.29 is 19.1 Å². The number of ether oxygens (including phenoxy) is 2. The number of hydrogen-bond donors (Lipinski definition) is 3. The number of benzene rings is 2. The molecule has 0 atom stereocenters. The van der Waals surface area contributed by atoms with E-state index in [9.17, 15) is 4.79 Å². The zero-order chi connectivity index (χ0) is 19.9. The maximum absolute atomic E-state index is 11.2. The average Bonchev–Trinajstić information content (AvgIpc) is 3.12. The fraction of sp³-hybridized carbons (Fsp3) is 0.211. The normalized spacial score (nSPS) is 11.2. The first-order valence-corrected chi connectivity index (χ1v) is 8.50. The standard InChI is InChI=1S/C19H21N5O4/c1-12(25)28-24-19(21-18-13-7-4-5-8-15(13)22-23-18)20-11-14-16(26-2)9-6-10-17(14)27-3/h4-10H,11H2,1-3H3,(H3,20,21,22,23,24). The van der Waals surface area contributed by atoms with E-state index in [0.717, 1.165) is 16.5 Å². The number of H-pyrrole nitrogens is 1. The number of para-hydroxylation sites is 1. The number of carbonyl (C=O) groups excluding carboxylic acids is 1. The third kappa shape index (κ3) is 4.32. The van der Waals surface area contributed by atoms with Crippen molar-refractivity contribution in [3.63, 3.8) is 0 Å². The molecule has 0 saturated heterocycles. The molecule has 0 fully saturated rings. The molecule has 0 spiro atoms. The zero-order valence-corrected chi connectivity index (χ0v) is 15.8. The minimum atomic E-state index is -0.503. The Hall–Kier alpha value is -3.75. The molecule has 3 N–H and O–H groups in total. The van der Waals surface area contributed by atoms with Gasteiger partial charge in [-0.25, -0.2) is 4.99 Å². The topological polar surface area (TPSA) is 110 Å². The largest absolute Gasteiger partial charge is 0.496 e. The third-order valence-corrected chi connectivity index (χ3v) is 3.92. The molecule has 0 saturated carbocycles. The smallest absolute Gasteiger partial charge is 0.329 e. The van der Waals surface area contributed by atoms with Crippen LogP contribution in [0.2, 0.25) is 0 Å². The van der Waals surface area contributed by atoms with Gasteiger partial charge >= 0.3 is 5.97 Å². The van der Waals surface area contributed by atoms with Gasteiger partial charge in [-0.15, -0.1) is 0 Å². The van der Waals surface area contributed by atoms with Crippen LogP contribution in [0.1, 0.15) is 12.5 Å². The highest BCUT2D eigenvalue weighted by Gasteiger charge is 2.12. The number of hydrogen-bond acceptors (Lipinski definition) is 6. The molecule has 2 aromatic carbocycles. The molecule has 0 unspecified atom stereocenters. The van der Waals surface area contributed by atoms with Crippen molar-refractivity contribution in [3.05, 3.63) is 48.0 Å². The summed E-state index contributed by atoms with van der Waals surface area (Å²) >= 11 is 0. The molecule has 146 valence electrons. The fourth-order valence-corrected chi connectivity index (χ4v) is 2.63. The minimum Gasteiger partial charge on any atom is -0.496 e.